The van der Waals surface area contributed by atoms with Gasteiger partial charge in [-0.25, -0.2) is 4.98 Å². The van der Waals surface area contributed by atoms with Gasteiger partial charge in [-0.15, -0.1) is 0 Å². The van der Waals surface area contributed by atoms with Crippen LogP contribution in [0.1, 0.15) is 45.9 Å². The van der Waals surface area contributed by atoms with Crippen LogP contribution in [0.15, 0.2) is 12.4 Å². The average molecular weight is 313 g/mol. The molecule has 2 rings (SSSR count). The Morgan fingerprint density at radius 1 is 1.44 bits per heavy atom. The molecule has 2 nitrogen and oxygen atoms in total. The lowest BCUT2D eigenvalue weighted by Gasteiger charge is -2.42. The number of halogens is 1. The van der Waals surface area contributed by atoms with Crippen LogP contribution < -0.4 is 0 Å². The molecule has 0 spiro atoms. The minimum Gasteiger partial charge on any atom is -0.338 e. The summed E-state index contributed by atoms with van der Waals surface area (Å²) in [6.45, 7) is 7.17. The van der Waals surface area contributed by atoms with Crippen LogP contribution in [0.5, 0.6) is 0 Å². The van der Waals surface area contributed by atoms with E-state index >= 15 is 0 Å². The Balaban J connectivity index is 2.08. The van der Waals surface area contributed by atoms with Crippen molar-refractivity contribution in [1.29, 1.82) is 0 Å². The number of nitrogens with zero attached hydrogens (tertiary/aromatic N) is 2. The van der Waals surface area contributed by atoms with Gasteiger partial charge >= 0.3 is 0 Å². The highest BCUT2D eigenvalue weighted by atomic mass is 79.9. The number of hydrogen-bond donors (Lipinski definition) is 0. The van der Waals surface area contributed by atoms with E-state index in [0.717, 1.165) is 18.3 Å². The third-order valence-corrected chi connectivity index (χ3v) is 5.59. The first-order valence-electron chi connectivity index (χ1n) is 7.00. The molecule has 3 atom stereocenters. The van der Waals surface area contributed by atoms with E-state index in [2.05, 4.69) is 53.3 Å². The van der Waals surface area contributed by atoms with Crippen molar-refractivity contribution in [3.63, 3.8) is 0 Å². The summed E-state index contributed by atoms with van der Waals surface area (Å²) in [5, 5.41) is 0. The quantitative estimate of drug-likeness (QED) is 0.765. The first-order valence-corrected chi connectivity index (χ1v) is 7.92. The van der Waals surface area contributed by atoms with Crippen LogP contribution in [0, 0.1) is 17.3 Å². The second-order valence-electron chi connectivity index (χ2n) is 6.66. The monoisotopic (exact) mass is 312 g/mol. The van der Waals surface area contributed by atoms with Crippen molar-refractivity contribution < 1.29 is 0 Å². The number of aromatic nitrogens is 2. The second-order valence-corrected chi connectivity index (χ2v) is 7.84. The lowest BCUT2D eigenvalue weighted by Crippen LogP contribution is -2.37. The molecule has 0 radical (unpaired) electrons. The topological polar surface area (TPSA) is 17.8 Å². The summed E-state index contributed by atoms with van der Waals surface area (Å²) in [5.41, 5.74) is 0.313. The molecule has 1 aliphatic rings. The van der Waals surface area contributed by atoms with Crippen molar-refractivity contribution in [2.24, 2.45) is 24.3 Å². The third-order valence-electron chi connectivity index (χ3n) is 4.57. The lowest BCUT2D eigenvalue weighted by molar-refractivity contribution is 0.143. The Hall–Kier alpha value is -0.310. The van der Waals surface area contributed by atoms with Crippen molar-refractivity contribution in [3.8, 4) is 0 Å². The molecule has 1 aromatic rings. The molecule has 0 amide bonds. The fraction of sp³-hybridized carbons (Fsp3) is 0.800. The normalized spacial score (nSPS) is 29.5. The summed E-state index contributed by atoms with van der Waals surface area (Å²) in [5.74, 6) is 2.83. The second kappa shape index (κ2) is 5.36. The molecule has 3 heteroatoms. The summed E-state index contributed by atoms with van der Waals surface area (Å²) in [7, 11) is 2.09. The first-order chi connectivity index (χ1) is 8.40. The van der Waals surface area contributed by atoms with Gasteiger partial charge in [-0.2, -0.15) is 0 Å². The molecule has 1 aromatic heterocycles. The highest BCUT2D eigenvalue weighted by Crippen LogP contribution is 2.44. The third kappa shape index (κ3) is 2.98. The van der Waals surface area contributed by atoms with Gasteiger partial charge in [0.2, 0.25) is 0 Å². The number of imidazole rings is 1. The van der Waals surface area contributed by atoms with E-state index in [0.29, 0.717) is 10.2 Å². The molecule has 1 saturated carbocycles. The van der Waals surface area contributed by atoms with Gasteiger partial charge in [-0.1, -0.05) is 43.1 Å². The van der Waals surface area contributed by atoms with Crippen LogP contribution in [0.2, 0.25) is 0 Å². The standard InChI is InChI=1S/C15H25BrN2/c1-11-5-6-12(13(16)9-11)15(2,3)10-14-17-7-8-18(14)4/h7-8,11-13H,5-6,9-10H2,1-4H3. The van der Waals surface area contributed by atoms with Crippen molar-refractivity contribution in [2.45, 2.75) is 51.3 Å². The van der Waals surface area contributed by atoms with Crippen LogP contribution in [-0.4, -0.2) is 14.4 Å². The molecule has 0 aromatic carbocycles. The van der Waals surface area contributed by atoms with E-state index in [-0.39, 0.29) is 0 Å². The van der Waals surface area contributed by atoms with Crippen molar-refractivity contribution in [1.82, 2.24) is 9.55 Å². The molecule has 1 fully saturated rings. The molecule has 3 unspecified atom stereocenters. The highest BCUT2D eigenvalue weighted by Gasteiger charge is 2.38. The maximum atomic E-state index is 4.48. The molecule has 1 aliphatic carbocycles. The molecular formula is C15H25BrN2. The Morgan fingerprint density at radius 2 is 2.17 bits per heavy atom. The smallest absolute Gasteiger partial charge is 0.108 e. The van der Waals surface area contributed by atoms with E-state index in [1.807, 2.05) is 12.4 Å². The zero-order valence-electron chi connectivity index (χ0n) is 12.0. The first kappa shape index (κ1) is 14.1. The molecule has 0 saturated heterocycles. The van der Waals surface area contributed by atoms with Crippen LogP contribution in [-0.2, 0) is 13.5 Å². The number of rotatable bonds is 3. The molecule has 102 valence electrons. The zero-order valence-corrected chi connectivity index (χ0v) is 13.6. The molecule has 0 aliphatic heterocycles. The van der Waals surface area contributed by atoms with Gasteiger partial charge < -0.3 is 4.57 Å². The maximum absolute atomic E-state index is 4.48. The SMILES string of the molecule is CC1CCC(C(C)(C)Cc2nccn2C)C(Br)C1. The van der Waals surface area contributed by atoms with Gasteiger partial charge in [0, 0.05) is 30.7 Å². The lowest BCUT2D eigenvalue weighted by atomic mass is 9.67. The zero-order chi connectivity index (χ0) is 13.3. The van der Waals surface area contributed by atoms with Gasteiger partial charge in [0.15, 0.2) is 0 Å². The van der Waals surface area contributed by atoms with Crippen LogP contribution in [0.25, 0.3) is 0 Å². The van der Waals surface area contributed by atoms with Crippen molar-refractivity contribution in [3.05, 3.63) is 18.2 Å². The summed E-state index contributed by atoms with van der Waals surface area (Å²) in [6.07, 6.45) is 9.04. The predicted octanol–water partition coefficient (Wildman–Crippen LogP) is 4.19. The van der Waals surface area contributed by atoms with Crippen molar-refractivity contribution in [2.75, 3.05) is 0 Å². The Bertz CT molecular complexity index is 397. The van der Waals surface area contributed by atoms with Gasteiger partial charge in [0.1, 0.15) is 5.82 Å². The van der Waals surface area contributed by atoms with Gasteiger partial charge in [0.25, 0.3) is 0 Å². The minimum atomic E-state index is 0.313. The van der Waals surface area contributed by atoms with Crippen LogP contribution >= 0.6 is 15.9 Å². The van der Waals surface area contributed by atoms with Gasteiger partial charge in [-0.3, -0.25) is 0 Å². The average Bonchev–Trinajstić information content (AvgIpc) is 2.63. The highest BCUT2D eigenvalue weighted by molar-refractivity contribution is 9.09. The minimum absolute atomic E-state index is 0.313. The Kier molecular flexibility index (Phi) is 4.20. The maximum Gasteiger partial charge on any atom is 0.108 e. The Morgan fingerprint density at radius 3 is 2.72 bits per heavy atom. The van der Waals surface area contributed by atoms with Gasteiger partial charge in [0.05, 0.1) is 0 Å². The molecule has 1 heterocycles. The number of hydrogen-bond acceptors (Lipinski definition) is 1. The van der Waals surface area contributed by atoms with E-state index in [4.69, 9.17) is 0 Å². The number of alkyl halides is 1. The fourth-order valence-corrected chi connectivity index (χ4v) is 4.92. The van der Waals surface area contributed by atoms with E-state index < -0.39 is 0 Å². The molecular weight excluding hydrogens is 288 g/mol. The molecule has 18 heavy (non-hydrogen) atoms. The predicted molar refractivity (Wildman–Crippen MR) is 79.9 cm³/mol. The Labute approximate surface area is 119 Å². The summed E-state index contributed by atoms with van der Waals surface area (Å²) < 4.78 is 2.15. The van der Waals surface area contributed by atoms with E-state index in [1.54, 1.807) is 0 Å². The molecule has 0 N–H and O–H groups in total. The van der Waals surface area contributed by atoms with Gasteiger partial charge in [-0.05, 0) is 30.1 Å². The summed E-state index contributed by atoms with van der Waals surface area (Å²) in [6, 6.07) is 0. The summed E-state index contributed by atoms with van der Waals surface area (Å²) >= 11 is 3.93. The van der Waals surface area contributed by atoms with Crippen LogP contribution in [0.4, 0.5) is 0 Å². The fourth-order valence-electron chi connectivity index (χ4n) is 3.30. The number of aryl methyl sites for hydroxylation is 1. The van der Waals surface area contributed by atoms with Crippen LogP contribution in [0.3, 0.4) is 0 Å². The van der Waals surface area contributed by atoms with Crippen molar-refractivity contribution >= 4 is 15.9 Å². The largest absolute Gasteiger partial charge is 0.338 e. The van der Waals surface area contributed by atoms with E-state index in [9.17, 15) is 0 Å². The molecule has 0 bridgehead atoms. The van der Waals surface area contributed by atoms with E-state index in [1.165, 1.54) is 25.1 Å². The summed E-state index contributed by atoms with van der Waals surface area (Å²) in [4.78, 5) is 5.15.